The SMILES string of the molecule is COc1ccc(N2C(=O)c3ccccc3NC2c2coc(-c3ccc(C)cc3)n2)cc1. The molecule has 0 spiro atoms. The van der Waals surface area contributed by atoms with E-state index >= 15 is 0 Å². The fourth-order valence-electron chi connectivity index (χ4n) is 3.71. The molecule has 31 heavy (non-hydrogen) atoms. The van der Waals surface area contributed by atoms with Gasteiger partial charge in [0, 0.05) is 16.9 Å². The molecule has 6 nitrogen and oxygen atoms in total. The second kappa shape index (κ2) is 7.65. The number of anilines is 2. The van der Waals surface area contributed by atoms with Crippen LogP contribution >= 0.6 is 0 Å². The fourth-order valence-corrected chi connectivity index (χ4v) is 3.71. The second-order valence-corrected chi connectivity index (χ2v) is 7.41. The van der Waals surface area contributed by atoms with E-state index in [0.717, 1.165) is 28.3 Å². The first-order valence-electron chi connectivity index (χ1n) is 10.00. The van der Waals surface area contributed by atoms with Crippen LogP contribution in [0.15, 0.2) is 83.5 Å². The van der Waals surface area contributed by atoms with Crippen molar-refractivity contribution in [3.8, 4) is 17.2 Å². The summed E-state index contributed by atoms with van der Waals surface area (Å²) in [6.45, 7) is 2.03. The van der Waals surface area contributed by atoms with E-state index < -0.39 is 6.17 Å². The molecule has 1 atom stereocenters. The van der Waals surface area contributed by atoms with E-state index in [1.54, 1.807) is 18.3 Å². The summed E-state index contributed by atoms with van der Waals surface area (Å²) in [5.74, 6) is 1.13. The van der Waals surface area contributed by atoms with Crippen LogP contribution in [0.25, 0.3) is 11.5 Å². The van der Waals surface area contributed by atoms with E-state index in [1.807, 2.05) is 79.7 Å². The van der Waals surface area contributed by atoms with E-state index in [4.69, 9.17) is 14.1 Å². The van der Waals surface area contributed by atoms with Gasteiger partial charge in [0.05, 0.1) is 12.7 Å². The molecule has 1 aliphatic heterocycles. The minimum absolute atomic E-state index is 0.107. The Balaban J connectivity index is 1.57. The van der Waals surface area contributed by atoms with Gasteiger partial charge in [0.2, 0.25) is 5.89 Å². The fraction of sp³-hybridized carbons (Fsp3) is 0.120. The summed E-state index contributed by atoms with van der Waals surface area (Å²) in [5, 5.41) is 3.45. The summed E-state index contributed by atoms with van der Waals surface area (Å²) < 4.78 is 11.0. The Labute approximate surface area is 180 Å². The molecule has 1 unspecified atom stereocenters. The molecule has 0 fully saturated rings. The maximum Gasteiger partial charge on any atom is 0.262 e. The van der Waals surface area contributed by atoms with Gasteiger partial charge in [-0.05, 0) is 55.5 Å². The zero-order valence-electron chi connectivity index (χ0n) is 17.2. The number of para-hydroxylation sites is 1. The van der Waals surface area contributed by atoms with Crippen LogP contribution in [-0.4, -0.2) is 18.0 Å². The number of carbonyl (C=O) groups is 1. The van der Waals surface area contributed by atoms with Gasteiger partial charge in [-0.1, -0.05) is 29.8 Å². The van der Waals surface area contributed by atoms with E-state index in [9.17, 15) is 4.79 Å². The van der Waals surface area contributed by atoms with Crippen LogP contribution in [0.5, 0.6) is 5.75 Å². The van der Waals surface area contributed by atoms with Crippen molar-refractivity contribution < 1.29 is 13.9 Å². The summed E-state index contributed by atoms with van der Waals surface area (Å²) in [6.07, 6.45) is 1.09. The van der Waals surface area contributed by atoms with Crippen molar-refractivity contribution in [2.75, 3.05) is 17.3 Å². The zero-order valence-corrected chi connectivity index (χ0v) is 17.2. The van der Waals surface area contributed by atoms with Crippen LogP contribution in [0.3, 0.4) is 0 Å². The number of benzene rings is 3. The van der Waals surface area contributed by atoms with Gasteiger partial charge in [-0.2, -0.15) is 0 Å². The molecule has 3 aromatic carbocycles. The predicted molar refractivity (Wildman–Crippen MR) is 119 cm³/mol. The normalized spacial score (nSPS) is 15.4. The van der Waals surface area contributed by atoms with Crippen LogP contribution in [0.2, 0.25) is 0 Å². The third kappa shape index (κ3) is 3.42. The third-order valence-electron chi connectivity index (χ3n) is 5.38. The largest absolute Gasteiger partial charge is 0.497 e. The number of amides is 1. The molecule has 154 valence electrons. The van der Waals surface area contributed by atoms with Crippen LogP contribution in [0.1, 0.15) is 27.8 Å². The van der Waals surface area contributed by atoms with Crippen molar-refractivity contribution in [2.45, 2.75) is 13.1 Å². The number of ether oxygens (including phenoxy) is 1. The molecule has 2 heterocycles. The molecule has 1 N–H and O–H groups in total. The maximum atomic E-state index is 13.5. The Morgan fingerprint density at radius 1 is 1.00 bits per heavy atom. The Morgan fingerprint density at radius 3 is 2.48 bits per heavy atom. The lowest BCUT2D eigenvalue weighted by atomic mass is 10.1. The van der Waals surface area contributed by atoms with E-state index in [1.165, 1.54) is 0 Å². The Kier molecular flexibility index (Phi) is 4.67. The number of oxazole rings is 1. The van der Waals surface area contributed by atoms with Crippen LogP contribution in [0.4, 0.5) is 11.4 Å². The summed E-state index contributed by atoms with van der Waals surface area (Å²) in [6, 6.07) is 22.8. The number of aryl methyl sites for hydroxylation is 1. The molecule has 1 aliphatic rings. The highest BCUT2D eigenvalue weighted by Crippen LogP contribution is 2.37. The minimum Gasteiger partial charge on any atom is -0.497 e. The van der Waals surface area contributed by atoms with Crippen LogP contribution in [0, 0.1) is 6.92 Å². The molecule has 4 aromatic rings. The average molecular weight is 411 g/mol. The van der Waals surface area contributed by atoms with Crippen molar-refractivity contribution in [1.29, 1.82) is 0 Å². The number of nitrogens with one attached hydrogen (secondary N) is 1. The lowest BCUT2D eigenvalue weighted by Crippen LogP contribution is -2.43. The van der Waals surface area contributed by atoms with Gasteiger partial charge in [-0.15, -0.1) is 0 Å². The summed E-state index contributed by atoms with van der Waals surface area (Å²) in [4.78, 5) is 19.9. The number of hydrogen-bond donors (Lipinski definition) is 1. The third-order valence-corrected chi connectivity index (χ3v) is 5.38. The number of carbonyl (C=O) groups excluding carboxylic acids is 1. The molecule has 0 bridgehead atoms. The first-order valence-corrected chi connectivity index (χ1v) is 10.00. The molecular formula is C25H21N3O3. The van der Waals surface area contributed by atoms with Crippen molar-refractivity contribution in [1.82, 2.24) is 4.98 Å². The highest BCUT2D eigenvalue weighted by Gasteiger charge is 2.35. The molecule has 1 aromatic heterocycles. The second-order valence-electron chi connectivity index (χ2n) is 7.41. The smallest absolute Gasteiger partial charge is 0.262 e. The van der Waals surface area contributed by atoms with E-state index in [2.05, 4.69) is 5.32 Å². The molecule has 0 saturated carbocycles. The highest BCUT2D eigenvalue weighted by molar-refractivity contribution is 6.12. The van der Waals surface area contributed by atoms with Crippen LogP contribution in [-0.2, 0) is 0 Å². The number of nitrogens with zero attached hydrogens (tertiary/aromatic N) is 2. The summed E-state index contributed by atoms with van der Waals surface area (Å²) in [5.41, 5.74) is 4.78. The van der Waals surface area contributed by atoms with E-state index in [0.29, 0.717) is 17.1 Å². The molecule has 1 amide bonds. The van der Waals surface area contributed by atoms with Crippen molar-refractivity contribution in [2.24, 2.45) is 0 Å². The summed E-state index contributed by atoms with van der Waals surface area (Å²) in [7, 11) is 1.61. The Morgan fingerprint density at radius 2 is 1.74 bits per heavy atom. The van der Waals surface area contributed by atoms with Gasteiger partial charge < -0.3 is 14.5 Å². The Hall–Kier alpha value is -4.06. The number of fused-ring (bicyclic) bond motifs is 1. The van der Waals surface area contributed by atoms with Crippen molar-refractivity contribution >= 4 is 17.3 Å². The maximum absolute atomic E-state index is 13.5. The molecule has 6 heteroatoms. The summed E-state index contributed by atoms with van der Waals surface area (Å²) >= 11 is 0. The number of aromatic nitrogens is 1. The van der Waals surface area contributed by atoms with Gasteiger partial charge in [0.1, 0.15) is 17.7 Å². The molecule has 0 aliphatic carbocycles. The standard InChI is InChI=1S/C25H21N3O3/c1-16-7-9-17(10-8-16)24-27-22(15-31-24)23-26-21-6-4-3-5-20(21)25(29)28(23)18-11-13-19(30-2)14-12-18/h3-15,23,26H,1-2H3. The molecule has 5 rings (SSSR count). The van der Waals surface area contributed by atoms with Crippen molar-refractivity contribution in [3.05, 3.63) is 95.9 Å². The predicted octanol–water partition coefficient (Wildman–Crippen LogP) is 5.43. The van der Waals surface area contributed by atoms with Gasteiger partial charge in [-0.3, -0.25) is 9.69 Å². The first-order chi connectivity index (χ1) is 15.1. The molecular weight excluding hydrogens is 390 g/mol. The van der Waals surface area contributed by atoms with Crippen LogP contribution < -0.4 is 15.0 Å². The molecule has 0 radical (unpaired) electrons. The topological polar surface area (TPSA) is 67.6 Å². The quantitative estimate of drug-likeness (QED) is 0.485. The minimum atomic E-state index is -0.515. The van der Waals surface area contributed by atoms with Gasteiger partial charge >= 0.3 is 0 Å². The van der Waals surface area contributed by atoms with Crippen molar-refractivity contribution in [3.63, 3.8) is 0 Å². The lowest BCUT2D eigenvalue weighted by Gasteiger charge is -2.36. The lowest BCUT2D eigenvalue weighted by molar-refractivity contribution is 0.0974. The van der Waals surface area contributed by atoms with Gasteiger partial charge in [-0.25, -0.2) is 4.98 Å². The first kappa shape index (κ1) is 18.9. The monoisotopic (exact) mass is 411 g/mol. The van der Waals surface area contributed by atoms with Gasteiger partial charge in [0.15, 0.2) is 6.17 Å². The average Bonchev–Trinajstić information content (AvgIpc) is 3.30. The number of hydrogen-bond acceptors (Lipinski definition) is 5. The van der Waals surface area contributed by atoms with E-state index in [-0.39, 0.29) is 5.91 Å². The highest BCUT2D eigenvalue weighted by atomic mass is 16.5. The molecule has 0 saturated heterocycles. The zero-order chi connectivity index (χ0) is 21.4. The Bertz CT molecular complexity index is 1230. The van der Waals surface area contributed by atoms with Gasteiger partial charge in [0.25, 0.3) is 5.91 Å². The number of rotatable bonds is 4. The number of methoxy groups -OCH3 is 1.